The summed E-state index contributed by atoms with van der Waals surface area (Å²) in [7, 11) is 1.36. The van der Waals surface area contributed by atoms with Crippen molar-refractivity contribution in [1.29, 1.82) is 5.26 Å². The van der Waals surface area contributed by atoms with E-state index >= 15 is 0 Å². The molecule has 2 aromatic rings. The first-order valence-electron chi connectivity index (χ1n) is 7.88. The van der Waals surface area contributed by atoms with E-state index in [1.54, 1.807) is 12.5 Å². The lowest BCUT2D eigenvalue weighted by Crippen LogP contribution is -2.50. The van der Waals surface area contributed by atoms with Gasteiger partial charge in [-0.3, -0.25) is 9.78 Å². The number of hydrogen-bond donors (Lipinski definition) is 1. The molecule has 0 saturated carbocycles. The Bertz CT molecular complexity index is 915. The van der Waals surface area contributed by atoms with Crippen molar-refractivity contribution in [2.24, 2.45) is 5.16 Å². The number of ether oxygens (including phenoxy) is 1. The summed E-state index contributed by atoms with van der Waals surface area (Å²) < 4.78 is 6.73. The highest BCUT2D eigenvalue weighted by molar-refractivity contribution is 9.10. The lowest BCUT2D eigenvalue weighted by Gasteiger charge is -2.22. The van der Waals surface area contributed by atoms with E-state index in [4.69, 9.17) is 4.74 Å². The van der Waals surface area contributed by atoms with Gasteiger partial charge in [0.05, 0.1) is 17.8 Å². The number of benzene rings is 1. The second kappa shape index (κ2) is 9.06. The van der Waals surface area contributed by atoms with Crippen molar-refractivity contribution >= 4 is 50.7 Å². The number of amides is 1. The number of aryl methyl sites for hydroxylation is 1. The monoisotopic (exact) mass is 450 g/mol. The fraction of sp³-hybridized carbons (Fsp3) is 0.333. The molecule has 7 nitrogen and oxygen atoms in total. The zero-order chi connectivity index (χ0) is 20.0. The van der Waals surface area contributed by atoms with Crippen molar-refractivity contribution in [1.82, 2.24) is 10.3 Å². The number of rotatable bonds is 7. The molecule has 1 amide bonds. The van der Waals surface area contributed by atoms with Crippen LogP contribution in [0.4, 0.5) is 0 Å². The number of carbonyl (C=O) groups is 1. The van der Waals surface area contributed by atoms with E-state index in [0.29, 0.717) is 5.75 Å². The second-order valence-electron chi connectivity index (χ2n) is 5.87. The van der Waals surface area contributed by atoms with Gasteiger partial charge in [-0.2, -0.15) is 5.26 Å². The Morgan fingerprint density at radius 2 is 2.26 bits per heavy atom. The van der Waals surface area contributed by atoms with Gasteiger partial charge in [0.25, 0.3) is 5.91 Å². The molecule has 1 aromatic heterocycles. The maximum atomic E-state index is 12.6. The number of oxime groups is 1. The molecule has 0 fully saturated rings. The normalized spacial score (nSPS) is 14.4. The van der Waals surface area contributed by atoms with Gasteiger partial charge in [-0.1, -0.05) is 5.16 Å². The summed E-state index contributed by atoms with van der Waals surface area (Å²) in [5, 5.41) is 16.4. The number of thioether (sulfide) groups is 1. The van der Waals surface area contributed by atoms with Crippen LogP contribution in [-0.2, 0) is 9.63 Å². The van der Waals surface area contributed by atoms with E-state index in [9.17, 15) is 10.1 Å². The molecule has 0 saturated heterocycles. The molecule has 0 spiro atoms. The van der Waals surface area contributed by atoms with E-state index in [-0.39, 0.29) is 0 Å². The second-order valence-corrected chi connectivity index (χ2v) is 7.69. The number of pyridine rings is 1. The van der Waals surface area contributed by atoms with Crippen LogP contribution in [0, 0.1) is 18.3 Å². The number of halogens is 1. The predicted octanol–water partition coefficient (Wildman–Crippen LogP) is 3.40. The fourth-order valence-corrected chi connectivity index (χ4v) is 3.16. The highest BCUT2D eigenvalue weighted by atomic mass is 79.9. The molecule has 142 valence electrons. The van der Waals surface area contributed by atoms with Crippen LogP contribution in [0.15, 0.2) is 34.0 Å². The van der Waals surface area contributed by atoms with Gasteiger partial charge in [0, 0.05) is 16.1 Å². The van der Waals surface area contributed by atoms with Crippen molar-refractivity contribution in [3.63, 3.8) is 0 Å². The minimum Gasteiger partial charge on any atom is -0.470 e. The Balaban J connectivity index is 2.23. The Kier molecular flexibility index (Phi) is 7.05. The number of fused-ring (bicyclic) bond motifs is 1. The minimum atomic E-state index is -1.31. The Hall–Kier alpha value is -2.31. The van der Waals surface area contributed by atoms with Gasteiger partial charge in [0.15, 0.2) is 5.54 Å². The molecule has 0 bridgehead atoms. The van der Waals surface area contributed by atoms with Crippen LogP contribution in [0.1, 0.15) is 12.5 Å². The Morgan fingerprint density at radius 1 is 1.52 bits per heavy atom. The van der Waals surface area contributed by atoms with Crippen LogP contribution in [0.2, 0.25) is 0 Å². The van der Waals surface area contributed by atoms with Crippen LogP contribution in [-0.4, -0.2) is 41.4 Å². The molecule has 27 heavy (non-hydrogen) atoms. The lowest BCUT2D eigenvalue weighted by molar-refractivity contribution is -0.125. The highest BCUT2D eigenvalue weighted by Gasteiger charge is 2.29. The summed E-state index contributed by atoms with van der Waals surface area (Å²) in [5.74, 6) is 0.0952. The van der Waals surface area contributed by atoms with E-state index in [1.807, 2.05) is 31.2 Å². The van der Waals surface area contributed by atoms with Crippen LogP contribution >= 0.6 is 27.7 Å². The average Bonchev–Trinajstić information content (AvgIpc) is 2.64. The van der Waals surface area contributed by atoms with Gasteiger partial charge in [0.2, 0.25) is 5.44 Å². The standard InChI is InChI=1S/C18H19BrN4O3S/c1-11-5-14(7-12-6-13(19)8-21-15(11)12)26-17(27-4)16(24)23-18(2,9-20)10-22-25-3/h5-8,10,17H,1-4H3,(H,23,24). The summed E-state index contributed by atoms with van der Waals surface area (Å²) in [6, 6.07) is 7.58. The van der Waals surface area contributed by atoms with Crippen molar-refractivity contribution in [3.05, 3.63) is 34.4 Å². The third-order valence-electron chi connectivity index (χ3n) is 3.62. The summed E-state index contributed by atoms with van der Waals surface area (Å²) in [6.07, 6.45) is 4.72. The quantitative estimate of drug-likeness (QED) is 0.394. The van der Waals surface area contributed by atoms with Crippen molar-refractivity contribution < 1.29 is 14.4 Å². The molecular formula is C18H19BrN4O3S. The van der Waals surface area contributed by atoms with Crippen molar-refractivity contribution in [2.75, 3.05) is 13.4 Å². The van der Waals surface area contributed by atoms with Gasteiger partial charge in [-0.25, -0.2) is 0 Å². The molecule has 1 aromatic carbocycles. The number of nitrogens with zero attached hydrogens (tertiary/aromatic N) is 3. The van der Waals surface area contributed by atoms with Crippen molar-refractivity contribution in [2.45, 2.75) is 24.8 Å². The molecule has 0 aliphatic heterocycles. The maximum absolute atomic E-state index is 12.6. The van der Waals surface area contributed by atoms with E-state index in [2.05, 4.69) is 36.2 Å². The number of nitrogens with one attached hydrogen (secondary N) is 1. The molecular weight excluding hydrogens is 432 g/mol. The zero-order valence-electron chi connectivity index (χ0n) is 15.3. The molecule has 2 atom stereocenters. The van der Waals surface area contributed by atoms with Crippen LogP contribution in [0.3, 0.4) is 0 Å². The summed E-state index contributed by atoms with van der Waals surface area (Å²) in [4.78, 5) is 21.6. The smallest absolute Gasteiger partial charge is 0.273 e. The van der Waals surface area contributed by atoms with Crippen LogP contribution in [0.25, 0.3) is 10.9 Å². The molecule has 2 rings (SSSR count). The third-order valence-corrected chi connectivity index (χ3v) is 4.79. The molecule has 0 aliphatic carbocycles. The molecule has 2 unspecified atom stereocenters. The van der Waals surface area contributed by atoms with Gasteiger partial charge in [-0.05, 0) is 59.8 Å². The molecule has 1 heterocycles. The van der Waals surface area contributed by atoms with Crippen LogP contribution < -0.4 is 10.1 Å². The van der Waals surface area contributed by atoms with Gasteiger partial charge in [-0.15, -0.1) is 11.8 Å². The van der Waals surface area contributed by atoms with E-state index in [1.165, 1.54) is 32.0 Å². The first kappa shape index (κ1) is 21.0. The first-order valence-corrected chi connectivity index (χ1v) is 9.96. The number of hydrogen-bond acceptors (Lipinski definition) is 7. The third kappa shape index (κ3) is 5.34. The topological polar surface area (TPSA) is 96.6 Å². The highest BCUT2D eigenvalue weighted by Crippen LogP contribution is 2.27. The summed E-state index contributed by atoms with van der Waals surface area (Å²) in [5.41, 5.74) is -0.350. The Labute approximate surface area is 170 Å². The summed E-state index contributed by atoms with van der Waals surface area (Å²) >= 11 is 4.62. The van der Waals surface area contributed by atoms with Gasteiger partial charge < -0.3 is 14.9 Å². The largest absolute Gasteiger partial charge is 0.470 e. The summed E-state index contributed by atoms with van der Waals surface area (Å²) in [6.45, 7) is 3.45. The van der Waals surface area contributed by atoms with Crippen LogP contribution in [0.5, 0.6) is 5.75 Å². The number of aromatic nitrogens is 1. The molecule has 0 aliphatic rings. The minimum absolute atomic E-state index is 0.445. The van der Waals surface area contributed by atoms with Crippen molar-refractivity contribution in [3.8, 4) is 11.8 Å². The fourth-order valence-electron chi connectivity index (χ4n) is 2.33. The molecule has 0 radical (unpaired) electrons. The SMILES string of the molecule is CON=CC(C)(C#N)NC(=O)C(Oc1cc(C)c2ncc(Br)cc2c1)SC. The zero-order valence-corrected chi connectivity index (χ0v) is 17.7. The molecule has 1 N–H and O–H groups in total. The Morgan fingerprint density at radius 3 is 2.89 bits per heavy atom. The van der Waals surface area contributed by atoms with Gasteiger partial charge in [0.1, 0.15) is 12.9 Å². The van der Waals surface area contributed by atoms with Gasteiger partial charge >= 0.3 is 0 Å². The average molecular weight is 451 g/mol. The number of carbonyl (C=O) groups excluding carboxylic acids is 1. The molecule has 9 heteroatoms. The first-order chi connectivity index (χ1) is 12.8. The van der Waals surface area contributed by atoms with E-state index < -0.39 is 16.9 Å². The number of nitriles is 1. The predicted molar refractivity (Wildman–Crippen MR) is 110 cm³/mol. The van der Waals surface area contributed by atoms with E-state index in [0.717, 1.165) is 20.9 Å². The lowest BCUT2D eigenvalue weighted by atomic mass is 10.1. The maximum Gasteiger partial charge on any atom is 0.273 e.